The summed E-state index contributed by atoms with van der Waals surface area (Å²) in [7, 11) is 1.36. The molecule has 0 saturated heterocycles. The van der Waals surface area contributed by atoms with Crippen molar-refractivity contribution in [1.82, 2.24) is 5.32 Å². The Kier molecular flexibility index (Phi) is 1.90. The molecule has 1 rings (SSSR count). The molecule has 0 heterocycles. The predicted molar refractivity (Wildman–Crippen MR) is 31.6 cm³/mol. The molecule has 0 aromatic rings. The molecule has 1 atom stereocenters. The van der Waals surface area contributed by atoms with Crippen LogP contribution in [-0.2, 0) is 0 Å². The Morgan fingerprint density at radius 2 is 1.90 bits per heavy atom. The Labute approximate surface area is 57.6 Å². The number of hydrogen-bond donors (Lipinski definition) is 1. The molecule has 0 aliphatic heterocycles. The zero-order valence-electron chi connectivity index (χ0n) is 5.70. The minimum atomic E-state index is -4.06. The van der Waals surface area contributed by atoms with Gasteiger partial charge in [0.05, 0.1) is 0 Å². The number of hydrogen-bond acceptors (Lipinski definition) is 1. The molecule has 1 fully saturated rings. The van der Waals surface area contributed by atoms with Crippen LogP contribution in [0.5, 0.6) is 0 Å². The maximum atomic E-state index is 11.9. The zero-order valence-corrected chi connectivity index (χ0v) is 5.70. The van der Waals surface area contributed by atoms with Crippen molar-refractivity contribution in [2.75, 3.05) is 7.05 Å². The summed E-state index contributed by atoms with van der Waals surface area (Å²) in [5.41, 5.74) is 0. The van der Waals surface area contributed by atoms with E-state index in [0.717, 1.165) is 0 Å². The third-order valence-corrected chi connectivity index (χ3v) is 1.76. The molecule has 1 N–H and O–H groups in total. The Morgan fingerprint density at radius 3 is 2.00 bits per heavy atom. The van der Waals surface area contributed by atoms with Crippen LogP contribution in [-0.4, -0.2) is 19.3 Å². The fraction of sp³-hybridized carbons (Fsp3) is 1.00. The van der Waals surface area contributed by atoms with Gasteiger partial charge < -0.3 is 5.32 Å². The van der Waals surface area contributed by atoms with E-state index in [1.54, 1.807) is 0 Å². The maximum Gasteiger partial charge on any atom is 0.404 e. The largest absolute Gasteiger partial charge is 0.404 e. The van der Waals surface area contributed by atoms with E-state index in [1.807, 2.05) is 0 Å². The lowest BCUT2D eigenvalue weighted by Crippen LogP contribution is -2.41. The number of halogens is 3. The molecular weight excluding hydrogens is 143 g/mol. The molecule has 0 bridgehead atoms. The third kappa shape index (κ3) is 1.62. The Hall–Kier alpha value is -0.250. The molecule has 0 radical (unpaired) electrons. The summed E-state index contributed by atoms with van der Waals surface area (Å²) < 4.78 is 35.8. The fourth-order valence-corrected chi connectivity index (χ4v) is 1.10. The highest BCUT2D eigenvalue weighted by Crippen LogP contribution is 2.39. The van der Waals surface area contributed by atoms with Gasteiger partial charge in [0.1, 0.15) is 6.04 Å². The first-order valence-electron chi connectivity index (χ1n) is 3.29. The van der Waals surface area contributed by atoms with Crippen LogP contribution in [0.15, 0.2) is 0 Å². The average molecular weight is 153 g/mol. The highest BCUT2D eigenvalue weighted by molar-refractivity contribution is 4.89. The van der Waals surface area contributed by atoms with Crippen molar-refractivity contribution in [2.45, 2.75) is 25.1 Å². The molecule has 4 heteroatoms. The van der Waals surface area contributed by atoms with Crippen LogP contribution in [0.1, 0.15) is 12.8 Å². The Bertz CT molecular complexity index is 117. The van der Waals surface area contributed by atoms with Gasteiger partial charge in [-0.1, -0.05) is 0 Å². The molecule has 1 nitrogen and oxygen atoms in total. The van der Waals surface area contributed by atoms with Crippen LogP contribution in [0.2, 0.25) is 0 Å². The van der Waals surface area contributed by atoms with Gasteiger partial charge in [0.15, 0.2) is 0 Å². The minimum absolute atomic E-state index is 0.162. The van der Waals surface area contributed by atoms with E-state index in [9.17, 15) is 13.2 Å². The number of rotatable bonds is 2. The van der Waals surface area contributed by atoms with E-state index >= 15 is 0 Å². The molecule has 0 aromatic heterocycles. The monoisotopic (exact) mass is 153 g/mol. The summed E-state index contributed by atoms with van der Waals surface area (Å²) in [6, 6.07) is -1.27. The summed E-state index contributed by atoms with van der Waals surface area (Å²) in [6.45, 7) is 0. The van der Waals surface area contributed by atoms with E-state index in [2.05, 4.69) is 5.32 Å². The van der Waals surface area contributed by atoms with Crippen LogP contribution in [0.3, 0.4) is 0 Å². The second-order valence-electron chi connectivity index (χ2n) is 2.65. The van der Waals surface area contributed by atoms with Gasteiger partial charge in [-0.15, -0.1) is 0 Å². The molecule has 0 spiro atoms. The van der Waals surface area contributed by atoms with Crippen molar-refractivity contribution >= 4 is 0 Å². The molecule has 0 aromatic carbocycles. The molecule has 1 aliphatic rings. The second kappa shape index (κ2) is 2.42. The first-order chi connectivity index (χ1) is 4.55. The highest BCUT2D eigenvalue weighted by Gasteiger charge is 2.47. The average Bonchev–Trinajstić information content (AvgIpc) is 2.46. The van der Waals surface area contributed by atoms with Gasteiger partial charge in [0.2, 0.25) is 0 Å². The molecule has 0 amide bonds. The smallest absolute Gasteiger partial charge is 0.309 e. The second-order valence-corrected chi connectivity index (χ2v) is 2.65. The van der Waals surface area contributed by atoms with Gasteiger partial charge in [-0.3, -0.25) is 0 Å². The van der Waals surface area contributed by atoms with Crippen LogP contribution in [0.25, 0.3) is 0 Å². The van der Waals surface area contributed by atoms with Gasteiger partial charge in [-0.2, -0.15) is 13.2 Å². The number of alkyl halides is 3. The van der Waals surface area contributed by atoms with Crippen molar-refractivity contribution < 1.29 is 13.2 Å². The van der Waals surface area contributed by atoms with E-state index in [4.69, 9.17) is 0 Å². The van der Waals surface area contributed by atoms with Crippen molar-refractivity contribution in [3.63, 3.8) is 0 Å². The van der Waals surface area contributed by atoms with Crippen molar-refractivity contribution in [1.29, 1.82) is 0 Å². The van der Waals surface area contributed by atoms with E-state index in [-0.39, 0.29) is 5.92 Å². The molecule has 0 unspecified atom stereocenters. The topological polar surface area (TPSA) is 12.0 Å². The summed E-state index contributed by atoms with van der Waals surface area (Å²) in [5, 5.41) is 2.28. The first-order valence-corrected chi connectivity index (χ1v) is 3.29. The van der Waals surface area contributed by atoms with Crippen LogP contribution in [0, 0.1) is 5.92 Å². The molecular formula is C6H10F3N. The lowest BCUT2D eigenvalue weighted by molar-refractivity contribution is -0.159. The molecule has 10 heavy (non-hydrogen) atoms. The van der Waals surface area contributed by atoms with Gasteiger partial charge in [-0.25, -0.2) is 0 Å². The first kappa shape index (κ1) is 7.85. The maximum absolute atomic E-state index is 11.9. The van der Waals surface area contributed by atoms with Crippen LogP contribution in [0.4, 0.5) is 13.2 Å². The summed E-state index contributed by atoms with van der Waals surface area (Å²) in [4.78, 5) is 0. The fourth-order valence-electron chi connectivity index (χ4n) is 1.10. The van der Waals surface area contributed by atoms with Crippen molar-refractivity contribution in [2.24, 2.45) is 5.92 Å². The van der Waals surface area contributed by atoms with Gasteiger partial charge in [0.25, 0.3) is 0 Å². The quantitative estimate of drug-likeness (QED) is 0.634. The Balaban J connectivity index is 2.46. The summed E-state index contributed by atoms with van der Waals surface area (Å²) in [6.07, 6.45) is -2.63. The van der Waals surface area contributed by atoms with E-state index in [1.165, 1.54) is 7.05 Å². The summed E-state index contributed by atoms with van der Waals surface area (Å²) in [5.74, 6) is -0.162. The summed E-state index contributed by atoms with van der Waals surface area (Å²) >= 11 is 0. The van der Waals surface area contributed by atoms with Crippen LogP contribution < -0.4 is 5.32 Å². The van der Waals surface area contributed by atoms with Crippen molar-refractivity contribution in [3.8, 4) is 0 Å². The van der Waals surface area contributed by atoms with Crippen LogP contribution >= 0.6 is 0 Å². The van der Waals surface area contributed by atoms with E-state index < -0.39 is 12.2 Å². The van der Waals surface area contributed by atoms with Gasteiger partial charge in [0, 0.05) is 0 Å². The van der Waals surface area contributed by atoms with Gasteiger partial charge in [-0.05, 0) is 25.8 Å². The lowest BCUT2D eigenvalue weighted by Gasteiger charge is -2.18. The Morgan fingerprint density at radius 1 is 1.40 bits per heavy atom. The predicted octanol–water partition coefficient (Wildman–Crippen LogP) is 1.55. The van der Waals surface area contributed by atoms with Crippen molar-refractivity contribution in [3.05, 3.63) is 0 Å². The standard InChI is InChI=1S/C6H10F3N/c1-10-5(4-2-3-4)6(7,8)9/h4-5,10H,2-3H2,1H3/t5-/m0/s1. The zero-order chi connectivity index (χ0) is 7.78. The molecule has 60 valence electrons. The highest BCUT2D eigenvalue weighted by atomic mass is 19.4. The number of nitrogens with one attached hydrogen (secondary N) is 1. The normalized spacial score (nSPS) is 22.8. The third-order valence-electron chi connectivity index (χ3n) is 1.76. The van der Waals surface area contributed by atoms with E-state index in [0.29, 0.717) is 12.8 Å². The SMILES string of the molecule is CN[C@@H](C1CC1)C(F)(F)F. The lowest BCUT2D eigenvalue weighted by atomic mass is 10.2. The minimum Gasteiger partial charge on any atom is -0.309 e. The van der Waals surface area contributed by atoms with Gasteiger partial charge >= 0.3 is 6.18 Å². The molecule has 1 saturated carbocycles. The molecule has 1 aliphatic carbocycles.